The number of rotatable bonds is 6. The predicted molar refractivity (Wildman–Crippen MR) is 83.3 cm³/mol. The molecule has 0 aliphatic heterocycles. The van der Waals surface area contributed by atoms with Gasteiger partial charge >= 0.3 is 5.97 Å². The lowest BCUT2D eigenvalue weighted by molar-refractivity contribution is -0.146. The molecule has 2 rings (SSSR count). The summed E-state index contributed by atoms with van der Waals surface area (Å²) >= 11 is 0. The molecule has 0 amide bonds. The Bertz CT molecular complexity index is 640. The molecule has 0 saturated heterocycles. The highest BCUT2D eigenvalue weighted by Crippen LogP contribution is 2.23. The molecule has 2 aromatic rings. The second kappa shape index (κ2) is 7.02. The third-order valence-corrected chi connectivity index (χ3v) is 3.52. The lowest BCUT2D eigenvalue weighted by Gasteiger charge is -2.15. The molecule has 0 heterocycles. The molecular weight excluding hydrogens is 264 g/mol. The first kappa shape index (κ1) is 15.2. The molecule has 110 valence electrons. The van der Waals surface area contributed by atoms with Gasteiger partial charge in [-0.2, -0.15) is 0 Å². The minimum Gasteiger partial charge on any atom is -0.465 e. The van der Waals surface area contributed by atoms with Crippen molar-refractivity contribution in [1.82, 2.24) is 0 Å². The highest BCUT2D eigenvalue weighted by molar-refractivity contribution is 6.15. The van der Waals surface area contributed by atoms with E-state index in [1.54, 1.807) is 13.0 Å². The van der Waals surface area contributed by atoms with E-state index in [-0.39, 0.29) is 5.78 Å². The van der Waals surface area contributed by atoms with Crippen LogP contribution in [0.15, 0.2) is 42.5 Å². The molecule has 0 spiro atoms. The Morgan fingerprint density at radius 2 is 1.76 bits per heavy atom. The van der Waals surface area contributed by atoms with Crippen molar-refractivity contribution in [2.45, 2.75) is 26.7 Å². The average molecular weight is 284 g/mol. The van der Waals surface area contributed by atoms with Crippen molar-refractivity contribution in [2.24, 2.45) is 5.92 Å². The molecule has 0 fully saturated rings. The molecule has 3 nitrogen and oxygen atoms in total. The van der Waals surface area contributed by atoms with Crippen molar-refractivity contribution >= 4 is 22.5 Å². The van der Waals surface area contributed by atoms with E-state index < -0.39 is 11.9 Å². The first-order valence-electron chi connectivity index (χ1n) is 7.37. The number of fused-ring (bicyclic) bond motifs is 1. The fraction of sp³-hybridized carbons (Fsp3) is 0.333. The highest BCUT2D eigenvalue weighted by atomic mass is 16.5. The fourth-order valence-corrected chi connectivity index (χ4v) is 2.52. The van der Waals surface area contributed by atoms with Gasteiger partial charge < -0.3 is 4.74 Å². The molecule has 1 atom stereocenters. The van der Waals surface area contributed by atoms with Crippen LogP contribution in [-0.2, 0) is 9.53 Å². The summed E-state index contributed by atoms with van der Waals surface area (Å²) < 4.78 is 5.05. The summed E-state index contributed by atoms with van der Waals surface area (Å²) in [5.74, 6) is -1.27. The predicted octanol–water partition coefficient (Wildman–Crippen LogP) is 4.00. The van der Waals surface area contributed by atoms with E-state index >= 15 is 0 Å². The third kappa shape index (κ3) is 3.30. The lowest BCUT2D eigenvalue weighted by atomic mass is 9.90. The van der Waals surface area contributed by atoms with Gasteiger partial charge in [-0.1, -0.05) is 55.8 Å². The van der Waals surface area contributed by atoms with Gasteiger partial charge in [-0.05, 0) is 24.1 Å². The van der Waals surface area contributed by atoms with E-state index in [4.69, 9.17) is 4.74 Å². The minimum absolute atomic E-state index is 0.146. The summed E-state index contributed by atoms with van der Waals surface area (Å²) in [5.41, 5.74) is 0.597. The SMILES string of the molecule is CCCC(C(=O)OCC)C(=O)c1cccc2ccccc12. The topological polar surface area (TPSA) is 43.4 Å². The zero-order valence-electron chi connectivity index (χ0n) is 12.5. The first-order valence-corrected chi connectivity index (χ1v) is 7.37. The van der Waals surface area contributed by atoms with Crippen LogP contribution in [0.3, 0.4) is 0 Å². The van der Waals surface area contributed by atoms with Crippen molar-refractivity contribution in [1.29, 1.82) is 0 Å². The van der Waals surface area contributed by atoms with Crippen molar-refractivity contribution < 1.29 is 14.3 Å². The van der Waals surface area contributed by atoms with Gasteiger partial charge in [-0.15, -0.1) is 0 Å². The molecule has 21 heavy (non-hydrogen) atoms. The molecule has 0 bridgehead atoms. The fourth-order valence-electron chi connectivity index (χ4n) is 2.52. The number of benzene rings is 2. The number of hydrogen-bond acceptors (Lipinski definition) is 3. The number of Topliss-reactive ketones (excluding diaryl/α,β-unsaturated/α-hetero) is 1. The summed E-state index contributed by atoms with van der Waals surface area (Å²) in [6.45, 7) is 4.01. The van der Waals surface area contributed by atoms with Crippen LogP contribution in [-0.4, -0.2) is 18.4 Å². The van der Waals surface area contributed by atoms with E-state index in [1.807, 2.05) is 43.3 Å². The van der Waals surface area contributed by atoms with Gasteiger partial charge in [0.1, 0.15) is 5.92 Å². The average Bonchev–Trinajstić information content (AvgIpc) is 2.51. The molecule has 0 aliphatic carbocycles. The summed E-state index contributed by atoms with van der Waals surface area (Å²) in [5, 5.41) is 1.89. The van der Waals surface area contributed by atoms with Crippen LogP contribution in [0.5, 0.6) is 0 Å². The quantitative estimate of drug-likeness (QED) is 0.457. The highest BCUT2D eigenvalue weighted by Gasteiger charge is 2.28. The zero-order valence-corrected chi connectivity index (χ0v) is 12.5. The molecule has 0 aromatic heterocycles. The summed E-state index contributed by atoms with van der Waals surface area (Å²) in [4.78, 5) is 24.8. The number of esters is 1. The van der Waals surface area contributed by atoms with Gasteiger partial charge in [0.05, 0.1) is 6.61 Å². The number of ketones is 1. The number of carbonyl (C=O) groups excluding carboxylic acids is 2. The first-order chi connectivity index (χ1) is 10.2. The van der Waals surface area contributed by atoms with E-state index in [9.17, 15) is 9.59 Å². The Labute approximate surface area is 124 Å². The minimum atomic E-state index is -0.708. The van der Waals surface area contributed by atoms with Crippen LogP contribution in [0.4, 0.5) is 0 Å². The Balaban J connectivity index is 2.41. The molecule has 1 unspecified atom stereocenters. The van der Waals surface area contributed by atoms with E-state index in [2.05, 4.69) is 0 Å². The Kier molecular flexibility index (Phi) is 5.09. The monoisotopic (exact) mass is 284 g/mol. The zero-order chi connectivity index (χ0) is 15.2. The van der Waals surface area contributed by atoms with E-state index in [0.29, 0.717) is 18.6 Å². The maximum Gasteiger partial charge on any atom is 0.316 e. The number of hydrogen-bond donors (Lipinski definition) is 0. The second-order valence-electron chi connectivity index (χ2n) is 4.98. The van der Waals surface area contributed by atoms with Crippen molar-refractivity contribution in [2.75, 3.05) is 6.61 Å². The van der Waals surface area contributed by atoms with Gasteiger partial charge in [0.25, 0.3) is 0 Å². The molecule has 0 saturated carbocycles. The lowest BCUT2D eigenvalue weighted by Crippen LogP contribution is -2.26. The van der Waals surface area contributed by atoms with Crippen LogP contribution in [0.2, 0.25) is 0 Å². The van der Waals surface area contributed by atoms with Crippen molar-refractivity contribution in [3.63, 3.8) is 0 Å². The van der Waals surface area contributed by atoms with Crippen LogP contribution in [0, 0.1) is 5.92 Å². The molecule has 0 aliphatic rings. The molecule has 2 aromatic carbocycles. The number of carbonyl (C=O) groups is 2. The van der Waals surface area contributed by atoms with Gasteiger partial charge in [-0.25, -0.2) is 0 Å². The van der Waals surface area contributed by atoms with Gasteiger partial charge in [0, 0.05) is 5.56 Å². The third-order valence-electron chi connectivity index (χ3n) is 3.52. The molecular formula is C18H20O3. The number of ether oxygens (including phenoxy) is 1. The Morgan fingerprint density at radius 3 is 2.48 bits per heavy atom. The second-order valence-corrected chi connectivity index (χ2v) is 4.98. The Hall–Kier alpha value is -2.16. The maximum absolute atomic E-state index is 12.8. The van der Waals surface area contributed by atoms with Crippen molar-refractivity contribution in [3.05, 3.63) is 48.0 Å². The summed E-state index contributed by atoms with van der Waals surface area (Å²) in [7, 11) is 0. The maximum atomic E-state index is 12.8. The van der Waals surface area contributed by atoms with Gasteiger partial charge in [-0.3, -0.25) is 9.59 Å². The largest absolute Gasteiger partial charge is 0.465 e. The van der Waals surface area contributed by atoms with Crippen LogP contribution < -0.4 is 0 Å². The molecule has 0 N–H and O–H groups in total. The summed E-state index contributed by atoms with van der Waals surface area (Å²) in [6.07, 6.45) is 1.28. The smallest absolute Gasteiger partial charge is 0.316 e. The molecule has 0 radical (unpaired) electrons. The van der Waals surface area contributed by atoms with Crippen LogP contribution >= 0.6 is 0 Å². The molecule has 3 heteroatoms. The van der Waals surface area contributed by atoms with E-state index in [1.165, 1.54) is 0 Å². The van der Waals surface area contributed by atoms with Gasteiger partial charge in [0.2, 0.25) is 0 Å². The standard InChI is InChI=1S/C18H20O3/c1-3-8-16(18(20)21-4-2)17(19)15-12-7-10-13-9-5-6-11-14(13)15/h5-7,9-12,16H,3-4,8H2,1-2H3. The van der Waals surface area contributed by atoms with E-state index in [0.717, 1.165) is 17.2 Å². The van der Waals surface area contributed by atoms with Crippen LogP contribution in [0.1, 0.15) is 37.0 Å². The normalized spacial score (nSPS) is 12.1. The van der Waals surface area contributed by atoms with Gasteiger partial charge in [0.15, 0.2) is 5.78 Å². The van der Waals surface area contributed by atoms with Crippen LogP contribution in [0.25, 0.3) is 10.8 Å². The summed E-state index contributed by atoms with van der Waals surface area (Å²) in [6, 6.07) is 13.3. The van der Waals surface area contributed by atoms with Crippen molar-refractivity contribution in [3.8, 4) is 0 Å². The Morgan fingerprint density at radius 1 is 1.05 bits per heavy atom.